The van der Waals surface area contributed by atoms with Gasteiger partial charge in [-0.3, -0.25) is 4.21 Å². The van der Waals surface area contributed by atoms with Gasteiger partial charge in [-0.2, -0.15) is 0 Å². The minimum absolute atomic E-state index is 0.123. The molecule has 4 nitrogen and oxygen atoms in total. The number of carboxylic acids is 1. The summed E-state index contributed by atoms with van der Waals surface area (Å²) in [6.07, 6.45) is 2.06. The van der Waals surface area contributed by atoms with Gasteiger partial charge in [0.25, 0.3) is 0 Å². The second kappa shape index (κ2) is 8.45. The van der Waals surface area contributed by atoms with E-state index in [-0.39, 0.29) is 5.56 Å². The molecule has 0 amide bonds. The largest absolute Gasteiger partial charge is 0.478 e. The maximum absolute atomic E-state index is 12.0. The predicted octanol–water partition coefficient (Wildman–Crippen LogP) is 3.07. The van der Waals surface area contributed by atoms with Gasteiger partial charge in [0.15, 0.2) is 0 Å². The van der Waals surface area contributed by atoms with E-state index in [4.69, 9.17) is 9.84 Å². The molecule has 0 spiro atoms. The highest BCUT2D eigenvalue weighted by molar-refractivity contribution is 9.10. The van der Waals surface area contributed by atoms with Crippen molar-refractivity contribution in [3.05, 3.63) is 28.2 Å². The van der Waals surface area contributed by atoms with Crippen LogP contribution in [0, 0.1) is 0 Å². The Bertz CT molecular complexity index is 462. The maximum Gasteiger partial charge on any atom is 0.336 e. The maximum atomic E-state index is 12.0. The molecular weight excluding hydrogens is 332 g/mol. The van der Waals surface area contributed by atoms with Gasteiger partial charge in [0.2, 0.25) is 0 Å². The number of rotatable bonds is 8. The fourth-order valence-electron chi connectivity index (χ4n) is 1.41. The quantitative estimate of drug-likeness (QED) is 0.733. The zero-order valence-electron chi connectivity index (χ0n) is 10.7. The van der Waals surface area contributed by atoms with E-state index in [2.05, 4.69) is 22.9 Å². The van der Waals surface area contributed by atoms with Crippen LogP contribution in [0.15, 0.2) is 27.6 Å². The van der Waals surface area contributed by atoms with Gasteiger partial charge in [-0.1, -0.05) is 13.3 Å². The number of carbonyl (C=O) groups is 1. The molecule has 6 heteroatoms. The summed E-state index contributed by atoms with van der Waals surface area (Å²) in [5.41, 5.74) is 0.123. The highest BCUT2D eigenvalue weighted by Gasteiger charge is 2.12. The zero-order valence-corrected chi connectivity index (χ0v) is 13.1. The fourth-order valence-corrected chi connectivity index (χ4v) is 2.80. The lowest BCUT2D eigenvalue weighted by molar-refractivity contribution is 0.0695. The summed E-state index contributed by atoms with van der Waals surface area (Å²) < 4.78 is 17.8. The Labute approximate surface area is 123 Å². The van der Waals surface area contributed by atoms with Crippen molar-refractivity contribution in [3.63, 3.8) is 0 Å². The number of halogens is 1. The summed E-state index contributed by atoms with van der Waals surface area (Å²) in [5.74, 6) is -0.658. The Morgan fingerprint density at radius 1 is 1.42 bits per heavy atom. The number of unbranched alkanes of at least 4 members (excludes halogenated alkanes) is 1. The summed E-state index contributed by atoms with van der Waals surface area (Å²) in [5, 5.41) is 8.99. The number of hydrogen-bond donors (Lipinski definition) is 1. The van der Waals surface area contributed by atoms with Crippen molar-refractivity contribution in [3.8, 4) is 0 Å². The van der Waals surface area contributed by atoms with Crippen molar-refractivity contribution in [2.24, 2.45) is 0 Å². The summed E-state index contributed by atoms with van der Waals surface area (Å²) in [6, 6.07) is 4.71. The van der Waals surface area contributed by atoms with Crippen LogP contribution in [-0.2, 0) is 15.5 Å². The number of hydrogen-bond acceptors (Lipinski definition) is 3. The van der Waals surface area contributed by atoms with Crippen LogP contribution in [0.5, 0.6) is 0 Å². The molecule has 0 aromatic heterocycles. The zero-order chi connectivity index (χ0) is 14.3. The minimum Gasteiger partial charge on any atom is -0.478 e. The normalized spacial score (nSPS) is 12.3. The van der Waals surface area contributed by atoms with E-state index in [1.54, 1.807) is 12.1 Å². The Hall–Kier alpha value is -0.720. The number of carboxylic acid groups (broad SMARTS) is 1. The molecule has 0 saturated heterocycles. The molecule has 0 fully saturated rings. The summed E-state index contributed by atoms with van der Waals surface area (Å²) in [6.45, 7) is 3.18. The molecule has 0 aliphatic heterocycles. The van der Waals surface area contributed by atoms with Crippen LogP contribution in [0.3, 0.4) is 0 Å². The van der Waals surface area contributed by atoms with Gasteiger partial charge in [-0.15, -0.1) is 0 Å². The first-order chi connectivity index (χ1) is 9.06. The molecule has 0 heterocycles. The highest BCUT2D eigenvalue weighted by Crippen LogP contribution is 2.20. The van der Waals surface area contributed by atoms with Crippen LogP contribution < -0.4 is 0 Å². The van der Waals surface area contributed by atoms with Gasteiger partial charge in [0, 0.05) is 16.0 Å². The Morgan fingerprint density at radius 3 is 2.79 bits per heavy atom. The number of ether oxygens (including phenoxy) is 1. The van der Waals surface area contributed by atoms with Gasteiger partial charge in [-0.05, 0) is 40.5 Å². The van der Waals surface area contributed by atoms with E-state index in [0.29, 0.717) is 28.3 Å². The summed E-state index contributed by atoms with van der Waals surface area (Å²) >= 11 is 3.16. The Kier molecular flexibility index (Phi) is 7.27. The molecule has 0 aliphatic carbocycles. The van der Waals surface area contributed by atoms with Gasteiger partial charge < -0.3 is 9.84 Å². The first-order valence-corrected chi connectivity index (χ1v) is 8.16. The van der Waals surface area contributed by atoms with E-state index < -0.39 is 16.8 Å². The van der Waals surface area contributed by atoms with Crippen molar-refractivity contribution < 1.29 is 18.8 Å². The predicted molar refractivity (Wildman–Crippen MR) is 78.1 cm³/mol. The topological polar surface area (TPSA) is 63.6 Å². The van der Waals surface area contributed by atoms with E-state index in [1.165, 1.54) is 6.07 Å². The molecule has 1 rings (SSSR count). The van der Waals surface area contributed by atoms with Crippen LogP contribution in [0.2, 0.25) is 0 Å². The molecule has 0 saturated carbocycles. The summed E-state index contributed by atoms with van der Waals surface area (Å²) in [4.78, 5) is 11.5. The van der Waals surface area contributed by atoms with Crippen LogP contribution in [0.4, 0.5) is 0 Å². The van der Waals surface area contributed by atoms with Crippen LogP contribution in [-0.4, -0.2) is 34.3 Å². The molecule has 19 heavy (non-hydrogen) atoms. The van der Waals surface area contributed by atoms with Crippen LogP contribution in [0.1, 0.15) is 30.1 Å². The third kappa shape index (κ3) is 5.42. The molecule has 0 radical (unpaired) electrons. The highest BCUT2D eigenvalue weighted by atomic mass is 79.9. The molecule has 1 N–H and O–H groups in total. The van der Waals surface area contributed by atoms with Gasteiger partial charge in [0.1, 0.15) is 0 Å². The number of aromatic carboxylic acids is 1. The minimum atomic E-state index is -1.23. The van der Waals surface area contributed by atoms with Gasteiger partial charge in [0.05, 0.1) is 28.7 Å². The van der Waals surface area contributed by atoms with Gasteiger partial charge in [-0.25, -0.2) is 4.79 Å². The van der Waals surface area contributed by atoms with Gasteiger partial charge >= 0.3 is 5.97 Å². The van der Waals surface area contributed by atoms with Crippen molar-refractivity contribution in [2.75, 3.05) is 19.0 Å². The molecule has 0 bridgehead atoms. The third-order valence-electron chi connectivity index (χ3n) is 2.49. The smallest absolute Gasteiger partial charge is 0.336 e. The lowest BCUT2D eigenvalue weighted by Gasteiger charge is -2.06. The Balaban J connectivity index is 2.57. The van der Waals surface area contributed by atoms with E-state index >= 15 is 0 Å². The van der Waals surface area contributed by atoms with E-state index in [1.807, 2.05) is 0 Å². The standard InChI is InChI=1S/C13H17BrO4S/c1-2-3-6-18-7-8-19(17)10-4-5-12(14)11(9-10)13(15)16/h4-5,9H,2-3,6-8H2,1H3,(H,15,16). The average Bonchev–Trinajstić information content (AvgIpc) is 2.38. The van der Waals surface area contributed by atoms with E-state index in [0.717, 1.165) is 12.8 Å². The lowest BCUT2D eigenvalue weighted by Crippen LogP contribution is -2.08. The van der Waals surface area contributed by atoms with E-state index in [9.17, 15) is 9.00 Å². The molecule has 1 unspecified atom stereocenters. The average molecular weight is 349 g/mol. The lowest BCUT2D eigenvalue weighted by atomic mass is 10.2. The van der Waals surface area contributed by atoms with Crippen molar-refractivity contribution >= 4 is 32.7 Å². The monoisotopic (exact) mass is 348 g/mol. The van der Waals surface area contributed by atoms with Crippen molar-refractivity contribution in [1.29, 1.82) is 0 Å². The fraction of sp³-hybridized carbons (Fsp3) is 0.462. The molecule has 106 valence electrons. The first kappa shape index (κ1) is 16.3. The van der Waals surface area contributed by atoms with Crippen LogP contribution in [0.25, 0.3) is 0 Å². The van der Waals surface area contributed by atoms with Crippen molar-refractivity contribution in [2.45, 2.75) is 24.7 Å². The van der Waals surface area contributed by atoms with Crippen LogP contribution >= 0.6 is 15.9 Å². The number of benzene rings is 1. The molecule has 1 aromatic carbocycles. The second-order valence-corrected chi connectivity index (χ2v) is 6.39. The molecule has 0 aliphatic rings. The summed E-state index contributed by atoms with van der Waals surface area (Å²) in [7, 11) is -1.23. The molecule has 1 atom stereocenters. The third-order valence-corrected chi connectivity index (χ3v) is 4.50. The Morgan fingerprint density at radius 2 is 2.16 bits per heavy atom. The molecular formula is C13H17BrO4S. The SMILES string of the molecule is CCCCOCCS(=O)c1ccc(Br)c(C(=O)O)c1. The first-order valence-electron chi connectivity index (χ1n) is 6.05. The second-order valence-electron chi connectivity index (χ2n) is 3.96. The molecule has 1 aromatic rings. The van der Waals surface area contributed by atoms with Crippen molar-refractivity contribution in [1.82, 2.24) is 0 Å².